The first-order valence-electron chi connectivity index (χ1n) is 12.6. The standard InChI is InChI=1S/C29H30N6O3S/c1-16-7-12-19-22(29(5,6)26(37)33-27-35-30-15-39-27)20-13-14-21(32-25(20)38-24(19)31-16)17-8-10-18(11-9-17)23(36)34-28(2,3)4/h7-15,22H,1-6H3,(H,34,36)(H,33,35,37)/t22-/m0/s1. The highest BCUT2D eigenvalue weighted by molar-refractivity contribution is 7.13. The highest BCUT2D eigenvalue weighted by Crippen LogP contribution is 2.51. The fourth-order valence-electron chi connectivity index (χ4n) is 4.62. The van der Waals surface area contributed by atoms with Gasteiger partial charge in [-0.2, -0.15) is 0 Å². The topological polar surface area (TPSA) is 119 Å². The summed E-state index contributed by atoms with van der Waals surface area (Å²) in [7, 11) is 0. The summed E-state index contributed by atoms with van der Waals surface area (Å²) in [6.45, 7) is 11.5. The zero-order valence-electron chi connectivity index (χ0n) is 22.7. The van der Waals surface area contributed by atoms with E-state index in [9.17, 15) is 9.59 Å². The van der Waals surface area contributed by atoms with Gasteiger partial charge >= 0.3 is 0 Å². The molecule has 0 spiro atoms. The van der Waals surface area contributed by atoms with Crippen LogP contribution in [0.4, 0.5) is 5.13 Å². The van der Waals surface area contributed by atoms with Crippen molar-refractivity contribution in [2.45, 2.75) is 53.0 Å². The van der Waals surface area contributed by atoms with Crippen LogP contribution in [0, 0.1) is 12.3 Å². The average Bonchev–Trinajstić information content (AvgIpc) is 3.39. The molecule has 39 heavy (non-hydrogen) atoms. The molecule has 0 radical (unpaired) electrons. The lowest BCUT2D eigenvalue weighted by Crippen LogP contribution is -2.40. The Labute approximate surface area is 231 Å². The molecule has 5 rings (SSSR count). The van der Waals surface area contributed by atoms with E-state index in [1.807, 2.05) is 77.9 Å². The molecule has 1 aliphatic rings. The summed E-state index contributed by atoms with van der Waals surface area (Å²) in [5.74, 6) is 0.127. The molecule has 2 N–H and O–H groups in total. The number of hydrogen-bond donors (Lipinski definition) is 2. The Morgan fingerprint density at radius 1 is 0.897 bits per heavy atom. The van der Waals surface area contributed by atoms with Gasteiger partial charge in [-0.05, 0) is 52.0 Å². The van der Waals surface area contributed by atoms with Crippen LogP contribution < -0.4 is 15.4 Å². The lowest BCUT2D eigenvalue weighted by molar-refractivity contribution is -0.124. The monoisotopic (exact) mass is 542 g/mol. The van der Waals surface area contributed by atoms with E-state index in [-0.39, 0.29) is 23.3 Å². The molecule has 0 fully saturated rings. The van der Waals surface area contributed by atoms with Crippen LogP contribution >= 0.6 is 11.3 Å². The van der Waals surface area contributed by atoms with Gasteiger partial charge in [-0.25, -0.2) is 9.97 Å². The minimum Gasteiger partial charge on any atom is -0.420 e. The molecule has 0 aliphatic carbocycles. The van der Waals surface area contributed by atoms with Crippen LogP contribution in [0.25, 0.3) is 11.3 Å². The summed E-state index contributed by atoms with van der Waals surface area (Å²) in [4.78, 5) is 35.5. The van der Waals surface area contributed by atoms with Crippen LogP contribution in [0.3, 0.4) is 0 Å². The molecule has 9 nitrogen and oxygen atoms in total. The van der Waals surface area contributed by atoms with E-state index in [0.29, 0.717) is 28.1 Å². The molecule has 0 saturated carbocycles. The number of nitrogens with zero attached hydrogens (tertiary/aromatic N) is 4. The second kappa shape index (κ2) is 9.85. The Kier molecular flexibility index (Phi) is 6.67. The first-order valence-corrected chi connectivity index (χ1v) is 13.5. The lowest BCUT2D eigenvalue weighted by atomic mass is 9.70. The van der Waals surface area contributed by atoms with E-state index >= 15 is 0 Å². The van der Waals surface area contributed by atoms with Gasteiger partial charge in [0.25, 0.3) is 5.91 Å². The fraction of sp³-hybridized carbons (Fsp3) is 0.310. The van der Waals surface area contributed by atoms with Crippen LogP contribution in [-0.4, -0.2) is 37.5 Å². The Balaban J connectivity index is 1.50. The van der Waals surface area contributed by atoms with Crippen molar-refractivity contribution in [3.63, 3.8) is 0 Å². The van der Waals surface area contributed by atoms with Crippen molar-refractivity contribution in [3.05, 3.63) is 76.4 Å². The number of ether oxygens (including phenoxy) is 1. The first-order chi connectivity index (χ1) is 18.4. The number of fused-ring (bicyclic) bond motifs is 2. The Bertz CT molecular complexity index is 1540. The third-order valence-corrected chi connectivity index (χ3v) is 7.16. The zero-order valence-corrected chi connectivity index (χ0v) is 23.5. The molecule has 3 aromatic heterocycles. The molecule has 200 valence electrons. The van der Waals surface area contributed by atoms with Crippen LogP contribution in [0.1, 0.15) is 67.7 Å². The van der Waals surface area contributed by atoms with Gasteiger partial charge in [0.1, 0.15) is 5.51 Å². The maximum absolute atomic E-state index is 13.5. The molecule has 0 saturated heterocycles. The number of anilines is 1. The molecule has 0 bridgehead atoms. The molecular weight excluding hydrogens is 512 g/mol. The van der Waals surface area contributed by atoms with Gasteiger partial charge in [0, 0.05) is 39.4 Å². The minimum atomic E-state index is -0.902. The number of benzene rings is 1. The van der Waals surface area contributed by atoms with Gasteiger partial charge < -0.3 is 15.4 Å². The van der Waals surface area contributed by atoms with Gasteiger partial charge in [0.15, 0.2) is 0 Å². The number of carbonyl (C=O) groups excluding carboxylic acids is 2. The lowest BCUT2D eigenvalue weighted by Gasteiger charge is -2.37. The third-order valence-electron chi connectivity index (χ3n) is 6.55. The average molecular weight is 543 g/mol. The maximum Gasteiger partial charge on any atom is 0.251 e. The van der Waals surface area contributed by atoms with E-state index in [1.54, 1.807) is 17.6 Å². The molecule has 1 atom stereocenters. The van der Waals surface area contributed by atoms with Crippen molar-refractivity contribution in [2.75, 3.05) is 5.32 Å². The van der Waals surface area contributed by atoms with Gasteiger partial charge in [0.2, 0.25) is 22.8 Å². The Morgan fingerprint density at radius 3 is 2.21 bits per heavy atom. The Morgan fingerprint density at radius 2 is 1.56 bits per heavy atom. The number of carbonyl (C=O) groups is 2. The van der Waals surface area contributed by atoms with Crippen molar-refractivity contribution in [2.24, 2.45) is 5.41 Å². The van der Waals surface area contributed by atoms with Gasteiger partial charge in [-0.1, -0.05) is 49.4 Å². The molecule has 1 aliphatic heterocycles. The number of hydrogen-bond acceptors (Lipinski definition) is 8. The molecule has 1 aromatic carbocycles. The Hall–Kier alpha value is -4.18. The number of nitrogens with one attached hydrogen (secondary N) is 2. The summed E-state index contributed by atoms with van der Waals surface area (Å²) in [5.41, 5.74) is 4.83. The van der Waals surface area contributed by atoms with Gasteiger partial charge in [-0.15, -0.1) is 10.2 Å². The van der Waals surface area contributed by atoms with Crippen LogP contribution in [0.15, 0.2) is 54.0 Å². The van der Waals surface area contributed by atoms with Crippen LogP contribution in [-0.2, 0) is 4.79 Å². The number of aromatic nitrogens is 4. The summed E-state index contributed by atoms with van der Waals surface area (Å²) < 4.78 is 6.21. The minimum absolute atomic E-state index is 0.134. The van der Waals surface area contributed by atoms with E-state index in [4.69, 9.17) is 9.72 Å². The van der Waals surface area contributed by atoms with E-state index in [1.165, 1.54) is 11.3 Å². The van der Waals surface area contributed by atoms with Crippen LogP contribution in [0.2, 0.25) is 0 Å². The van der Waals surface area contributed by atoms with Crippen molar-refractivity contribution >= 4 is 28.3 Å². The molecule has 2 amide bonds. The number of rotatable bonds is 5. The second-order valence-corrected chi connectivity index (χ2v) is 12.0. The summed E-state index contributed by atoms with van der Waals surface area (Å²) in [5, 5.41) is 14.1. The van der Waals surface area contributed by atoms with Crippen molar-refractivity contribution in [3.8, 4) is 23.0 Å². The predicted octanol–water partition coefficient (Wildman–Crippen LogP) is 5.73. The number of amides is 2. The molecule has 0 unspecified atom stereocenters. The normalized spacial score (nSPS) is 14.6. The van der Waals surface area contributed by atoms with E-state index in [0.717, 1.165) is 22.4 Å². The zero-order chi connectivity index (χ0) is 27.9. The molecule has 4 heterocycles. The van der Waals surface area contributed by atoms with Crippen molar-refractivity contribution in [1.82, 2.24) is 25.5 Å². The largest absolute Gasteiger partial charge is 0.420 e. The highest BCUT2D eigenvalue weighted by atomic mass is 32.1. The predicted molar refractivity (Wildman–Crippen MR) is 150 cm³/mol. The van der Waals surface area contributed by atoms with E-state index < -0.39 is 5.41 Å². The number of pyridine rings is 2. The number of aryl methyl sites for hydroxylation is 1. The smallest absolute Gasteiger partial charge is 0.251 e. The summed E-state index contributed by atoms with van der Waals surface area (Å²) in [6.07, 6.45) is 0. The van der Waals surface area contributed by atoms with E-state index in [2.05, 4.69) is 25.8 Å². The first kappa shape index (κ1) is 26.4. The quantitative estimate of drug-likeness (QED) is 0.330. The maximum atomic E-state index is 13.5. The fourth-order valence-corrected chi connectivity index (χ4v) is 5.06. The third kappa shape index (κ3) is 5.37. The van der Waals surface area contributed by atoms with Gasteiger partial charge in [-0.3, -0.25) is 9.59 Å². The van der Waals surface area contributed by atoms with Crippen molar-refractivity contribution in [1.29, 1.82) is 0 Å². The van der Waals surface area contributed by atoms with Gasteiger partial charge in [0.05, 0.1) is 11.1 Å². The molecule has 10 heteroatoms. The van der Waals surface area contributed by atoms with Crippen LogP contribution in [0.5, 0.6) is 11.8 Å². The molecule has 4 aromatic rings. The van der Waals surface area contributed by atoms with Crippen molar-refractivity contribution < 1.29 is 14.3 Å². The summed E-state index contributed by atoms with van der Waals surface area (Å²) in [6, 6.07) is 15.0. The highest BCUT2D eigenvalue weighted by Gasteiger charge is 2.45. The SMILES string of the molecule is Cc1ccc2c(n1)Oc1nc(-c3ccc(C(=O)NC(C)(C)C)cc3)ccc1[C@H]2C(C)(C)C(=O)Nc1nncs1. The summed E-state index contributed by atoms with van der Waals surface area (Å²) >= 11 is 1.26. The molecular formula is C29H30N6O3S. The second-order valence-electron chi connectivity index (χ2n) is 11.2.